The van der Waals surface area contributed by atoms with Gasteiger partial charge in [0.15, 0.2) is 0 Å². The summed E-state index contributed by atoms with van der Waals surface area (Å²) in [6.45, 7) is 5.68. The van der Waals surface area contributed by atoms with Crippen molar-refractivity contribution in [3.8, 4) is 5.95 Å². The molecule has 0 aliphatic carbocycles. The Morgan fingerprint density at radius 3 is 2.44 bits per heavy atom. The number of carbonyl (C=O) groups excluding carboxylic acids is 1. The molecule has 0 aliphatic heterocycles. The van der Waals surface area contributed by atoms with E-state index in [1.807, 2.05) is 39.0 Å². The van der Waals surface area contributed by atoms with Crippen LogP contribution in [0.1, 0.15) is 29.9 Å². The summed E-state index contributed by atoms with van der Waals surface area (Å²) in [4.78, 5) is 25.0. The maximum atomic E-state index is 12.3. The second-order valence-corrected chi connectivity index (χ2v) is 5.68. The zero-order valence-corrected chi connectivity index (χ0v) is 14.3. The van der Waals surface area contributed by atoms with Crippen molar-refractivity contribution in [3.63, 3.8) is 0 Å². The Hall–Kier alpha value is -3.29. The maximum absolute atomic E-state index is 12.3. The third-order valence-electron chi connectivity index (χ3n) is 3.60. The number of amides is 2. The van der Waals surface area contributed by atoms with Gasteiger partial charge in [-0.1, -0.05) is 0 Å². The lowest BCUT2D eigenvalue weighted by Crippen LogP contribution is -2.32. The van der Waals surface area contributed by atoms with Crippen LogP contribution in [0.25, 0.3) is 5.95 Å². The molecule has 3 aromatic rings. The number of aryl methyl sites for hydroxylation is 2. The van der Waals surface area contributed by atoms with E-state index in [4.69, 9.17) is 0 Å². The zero-order chi connectivity index (χ0) is 17.8. The van der Waals surface area contributed by atoms with Crippen LogP contribution < -0.4 is 10.6 Å². The van der Waals surface area contributed by atoms with Crippen molar-refractivity contribution in [1.82, 2.24) is 30.0 Å². The largest absolute Gasteiger partial charge is 0.331 e. The lowest BCUT2D eigenvalue weighted by atomic mass is 10.1. The molecule has 8 nitrogen and oxygen atoms in total. The number of hydrogen-bond donors (Lipinski definition) is 2. The first-order valence-electron chi connectivity index (χ1n) is 7.87. The van der Waals surface area contributed by atoms with Crippen molar-refractivity contribution in [3.05, 3.63) is 59.8 Å². The van der Waals surface area contributed by atoms with E-state index >= 15 is 0 Å². The molecule has 128 valence electrons. The Morgan fingerprint density at radius 1 is 1.08 bits per heavy atom. The topological polar surface area (TPSA) is 97.6 Å². The van der Waals surface area contributed by atoms with Gasteiger partial charge in [0.2, 0.25) is 0 Å². The van der Waals surface area contributed by atoms with Crippen LogP contribution in [0.15, 0.2) is 42.9 Å². The first kappa shape index (κ1) is 16.6. The fraction of sp³-hybridized carbons (Fsp3) is 0.235. The van der Waals surface area contributed by atoms with Gasteiger partial charge in [-0.05, 0) is 44.5 Å². The number of pyridine rings is 1. The number of nitrogens with zero attached hydrogens (tertiary/aromatic N) is 5. The van der Waals surface area contributed by atoms with E-state index in [1.54, 1.807) is 24.7 Å². The molecule has 3 aromatic heterocycles. The summed E-state index contributed by atoms with van der Waals surface area (Å²) < 4.78 is 1.50. The maximum Gasteiger partial charge on any atom is 0.320 e. The fourth-order valence-electron chi connectivity index (χ4n) is 2.44. The number of aromatic nitrogens is 5. The number of rotatable bonds is 4. The van der Waals surface area contributed by atoms with Crippen LogP contribution in [-0.4, -0.2) is 30.8 Å². The molecule has 0 bridgehead atoms. The molecule has 0 radical (unpaired) electrons. The van der Waals surface area contributed by atoms with Crippen LogP contribution >= 0.6 is 0 Å². The minimum atomic E-state index is -0.338. The van der Waals surface area contributed by atoms with Crippen LogP contribution in [-0.2, 0) is 0 Å². The molecule has 2 N–H and O–H groups in total. The molecule has 0 aromatic carbocycles. The van der Waals surface area contributed by atoms with Gasteiger partial charge < -0.3 is 5.32 Å². The van der Waals surface area contributed by atoms with Crippen LogP contribution in [0.2, 0.25) is 0 Å². The molecule has 0 saturated heterocycles. The predicted molar refractivity (Wildman–Crippen MR) is 93.4 cm³/mol. The molecular formula is C17H19N7O. The van der Waals surface area contributed by atoms with Gasteiger partial charge in [-0.25, -0.2) is 14.8 Å². The van der Waals surface area contributed by atoms with Gasteiger partial charge in [0, 0.05) is 29.8 Å². The minimum Gasteiger partial charge on any atom is -0.331 e. The van der Waals surface area contributed by atoms with Crippen LogP contribution in [0.3, 0.4) is 0 Å². The lowest BCUT2D eigenvalue weighted by molar-refractivity contribution is 0.249. The zero-order valence-electron chi connectivity index (χ0n) is 14.3. The molecule has 0 aliphatic rings. The van der Waals surface area contributed by atoms with Crippen molar-refractivity contribution >= 4 is 11.8 Å². The number of hydrogen-bond acceptors (Lipinski definition) is 5. The number of anilines is 1. The van der Waals surface area contributed by atoms with E-state index in [2.05, 4.69) is 30.7 Å². The summed E-state index contributed by atoms with van der Waals surface area (Å²) in [5, 5.41) is 9.86. The molecule has 0 fully saturated rings. The van der Waals surface area contributed by atoms with Crippen LogP contribution in [0.5, 0.6) is 0 Å². The van der Waals surface area contributed by atoms with E-state index in [0.29, 0.717) is 11.8 Å². The van der Waals surface area contributed by atoms with Crippen molar-refractivity contribution in [2.75, 3.05) is 5.32 Å². The summed E-state index contributed by atoms with van der Waals surface area (Å²) in [5.41, 5.74) is 2.63. The highest BCUT2D eigenvalue weighted by atomic mass is 16.2. The molecule has 3 rings (SSSR count). The Kier molecular flexibility index (Phi) is 4.69. The monoisotopic (exact) mass is 337 g/mol. The van der Waals surface area contributed by atoms with E-state index in [9.17, 15) is 4.79 Å². The highest BCUT2D eigenvalue weighted by Gasteiger charge is 2.14. The fourth-order valence-corrected chi connectivity index (χ4v) is 2.44. The predicted octanol–water partition coefficient (Wildman–Crippen LogP) is 2.56. The molecule has 3 heterocycles. The van der Waals surface area contributed by atoms with E-state index in [-0.39, 0.29) is 12.1 Å². The van der Waals surface area contributed by atoms with Gasteiger partial charge in [0.05, 0.1) is 12.2 Å². The number of carbonyl (C=O) groups is 1. The molecule has 8 heteroatoms. The van der Waals surface area contributed by atoms with E-state index in [0.717, 1.165) is 17.0 Å². The normalized spacial score (nSPS) is 11.8. The quantitative estimate of drug-likeness (QED) is 0.762. The highest BCUT2D eigenvalue weighted by molar-refractivity contribution is 5.88. The van der Waals surface area contributed by atoms with E-state index in [1.165, 1.54) is 4.68 Å². The molecule has 2 amide bonds. The Balaban J connectivity index is 1.74. The van der Waals surface area contributed by atoms with Gasteiger partial charge in [0.25, 0.3) is 5.95 Å². The summed E-state index contributed by atoms with van der Waals surface area (Å²) in [6.07, 6.45) is 4.97. The van der Waals surface area contributed by atoms with Gasteiger partial charge >= 0.3 is 6.03 Å². The number of urea groups is 1. The van der Waals surface area contributed by atoms with Crippen molar-refractivity contribution in [1.29, 1.82) is 0 Å². The van der Waals surface area contributed by atoms with E-state index < -0.39 is 0 Å². The Labute approximate surface area is 145 Å². The molecular weight excluding hydrogens is 318 g/mol. The smallest absolute Gasteiger partial charge is 0.320 e. The SMILES string of the molecule is Cc1cc(C)nc(-n2nccc2NC(=O)N[C@H](C)c2ccncc2)n1. The van der Waals surface area contributed by atoms with Crippen molar-refractivity contribution < 1.29 is 4.79 Å². The van der Waals surface area contributed by atoms with Gasteiger partial charge in [-0.3, -0.25) is 10.3 Å². The summed E-state index contributed by atoms with van der Waals surface area (Å²) in [6, 6.07) is 6.80. The number of nitrogens with one attached hydrogen (secondary N) is 2. The van der Waals surface area contributed by atoms with Gasteiger partial charge in [0.1, 0.15) is 5.82 Å². The Bertz CT molecular complexity index is 855. The van der Waals surface area contributed by atoms with Crippen LogP contribution in [0, 0.1) is 13.8 Å². The summed E-state index contributed by atoms with van der Waals surface area (Å²) >= 11 is 0. The van der Waals surface area contributed by atoms with Gasteiger partial charge in [-0.15, -0.1) is 0 Å². The first-order chi connectivity index (χ1) is 12.0. The third-order valence-corrected chi connectivity index (χ3v) is 3.60. The third kappa shape index (κ3) is 3.97. The summed E-state index contributed by atoms with van der Waals surface area (Å²) in [7, 11) is 0. The standard InChI is InChI=1S/C17H19N7O/c1-11-10-12(2)21-16(20-11)24-15(6-9-19-24)23-17(25)22-13(3)14-4-7-18-8-5-14/h4-10,13H,1-3H3,(H2,22,23,25)/t13-/m1/s1. The van der Waals surface area contributed by atoms with Gasteiger partial charge in [-0.2, -0.15) is 9.78 Å². The minimum absolute atomic E-state index is 0.156. The Morgan fingerprint density at radius 2 is 1.76 bits per heavy atom. The average molecular weight is 337 g/mol. The molecule has 25 heavy (non-hydrogen) atoms. The molecule has 1 atom stereocenters. The summed E-state index contributed by atoms with van der Waals surface area (Å²) in [5.74, 6) is 0.907. The average Bonchev–Trinajstić information content (AvgIpc) is 3.02. The molecule has 0 unspecified atom stereocenters. The molecule has 0 saturated carbocycles. The van der Waals surface area contributed by atoms with Crippen molar-refractivity contribution in [2.45, 2.75) is 26.8 Å². The lowest BCUT2D eigenvalue weighted by Gasteiger charge is -2.15. The second-order valence-electron chi connectivity index (χ2n) is 5.68. The van der Waals surface area contributed by atoms with Crippen LogP contribution in [0.4, 0.5) is 10.6 Å². The van der Waals surface area contributed by atoms with Crippen molar-refractivity contribution in [2.24, 2.45) is 0 Å². The molecule has 0 spiro atoms. The highest BCUT2D eigenvalue weighted by Crippen LogP contribution is 2.14. The first-order valence-corrected chi connectivity index (χ1v) is 7.87. The second kappa shape index (κ2) is 7.08.